The van der Waals surface area contributed by atoms with Gasteiger partial charge in [-0.25, -0.2) is 0 Å². The van der Waals surface area contributed by atoms with Crippen molar-refractivity contribution in [2.24, 2.45) is 7.05 Å². The Morgan fingerprint density at radius 3 is 2.67 bits per heavy atom. The first kappa shape index (κ1) is 14.6. The summed E-state index contributed by atoms with van der Waals surface area (Å²) in [6.45, 7) is 0.354. The number of carbonyl (C=O) groups excluding carboxylic acids is 3. The molecule has 3 amide bonds. The van der Waals surface area contributed by atoms with Gasteiger partial charge >= 0.3 is 0 Å². The molecule has 0 bridgehead atoms. The highest BCUT2D eigenvalue weighted by atomic mass is 16.2. The molecule has 3 heterocycles. The standard InChI is InChI=1S/C17H16N4O3/c1-20-8-7-13(19-20)10-3-2-4-11-12(10)9-21(17(11)24)14-5-6-15(22)18-16(14)23/h2-4,7-8,14H,5-6,9H2,1H3,(H,18,22,23). The van der Waals surface area contributed by atoms with Crippen LogP contribution in [-0.4, -0.2) is 38.4 Å². The van der Waals surface area contributed by atoms with Gasteiger partial charge in [-0.1, -0.05) is 12.1 Å². The third-order valence-electron chi connectivity index (χ3n) is 4.57. The highest BCUT2D eigenvalue weighted by molar-refractivity contribution is 6.06. The van der Waals surface area contributed by atoms with Crippen molar-refractivity contribution in [2.75, 3.05) is 0 Å². The molecule has 24 heavy (non-hydrogen) atoms. The van der Waals surface area contributed by atoms with Crippen LogP contribution >= 0.6 is 0 Å². The predicted molar refractivity (Wildman–Crippen MR) is 84.7 cm³/mol. The van der Waals surface area contributed by atoms with Gasteiger partial charge in [-0.2, -0.15) is 5.10 Å². The molecule has 7 heteroatoms. The van der Waals surface area contributed by atoms with Gasteiger partial charge in [-0.15, -0.1) is 0 Å². The number of aromatic nitrogens is 2. The largest absolute Gasteiger partial charge is 0.322 e. The Morgan fingerprint density at radius 1 is 1.17 bits per heavy atom. The Hall–Kier alpha value is -2.96. The summed E-state index contributed by atoms with van der Waals surface area (Å²) >= 11 is 0. The molecule has 122 valence electrons. The van der Waals surface area contributed by atoms with Crippen LogP contribution in [0.2, 0.25) is 0 Å². The normalized spacial score (nSPS) is 20.3. The van der Waals surface area contributed by atoms with Gasteiger partial charge in [-0.3, -0.25) is 24.4 Å². The number of aryl methyl sites for hydroxylation is 1. The Morgan fingerprint density at radius 2 is 1.96 bits per heavy atom. The first-order valence-corrected chi connectivity index (χ1v) is 7.81. The molecule has 1 saturated heterocycles. The van der Waals surface area contributed by atoms with Crippen LogP contribution < -0.4 is 5.32 Å². The number of piperidine rings is 1. The first-order valence-electron chi connectivity index (χ1n) is 7.81. The van der Waals surface area contributed by atoms with Crippen molar-refractivity contribution >= 4 is 17.7 Å². The monoisotopic (exact) mass is 324 g/mol. The molecular formula is C17H16N4O3. The minimum Gasteiger partial charge on any atom is -0.322 e. The van der Waals surface area contributed by atoms with Crippen LogP contribution in [0.1, 0.15) is 28.8 Å². The molecule has 0 spiro atoms. The van der Waals surface area contributed by atoms with Gasteiger partial charge in [0.2, 0.25) is 11.8 Å². The van der Waals surface area contributed by atoms with Crippen molar-refractivity contribution in [2.45, 2.75) is 25.4 Å². The van der Waals surface area contributed by atoms with Crippen LogP contribution in [-0.2, 0) is 23.2 Å². The van der Waals surface area contributed by atoms with Crippen LogP contribution in [0.3, 0.4) is 0 Å². The van der Waals surface area contributed by atoms with Gasteiger partial charge < -0.3 is 4.90 Å². The number of hydrogen-bond donors (Lipinski definition) is 1. The molecule has 1 N–H and O–H groups in total. The van der Waals surface area contributed by atoms with E-state index in [4.69, 9.17) is 0 Å². The summed E-state index contributed by atoms with van der Waals surface area (Å²) in [6.07, 6.45) is 2.47. The molecule has 1 aromatic carbocycles. The van der Waals surface area contributed by atoms with Crippen molar-refractivity contribution in [3.63, 3.8) is 0 Å². The van der Waals surface area contributed by atoms with E-state index in [0.29, 0.717) is 18.5 Å². The predicted octanol–water partition coefficient (Wildman–Crippen LogP) is 0.848. The summed E-state index contributed by atoms with van der Waals surface area (Å²) in [5.41, 5.74) is 3.18. The number of amides is 3. The third-order valence-corrected chi connectivity index (χ3v) is 4.57. The number of nitrogens with zero attached hydrogens (tertiary/aromatic N) is 3. The zero-order valence-corrected chi connectivity index (χ0v) is 13.2. The molecule has 1 atom stereocenters. The van der Waals surface area contributed by atoms with Crippen molar-refractivity contribution in [3.05, 3.63) is 41.6 Å². The SMILES string of the molecule is Cn1ccc(-c2cccc3c2CN(C2CCC(=O)NC2=O)C3=O)n1. The van der Waals surface area contributed by atoms with E-state index in [1.165, 1.54) is 0 Å². The molecule has 2 aliphatic rings. The van der Waals surface area contributed by atoms with E-state index in [-0.39, 0.29) is 18.2 Å². The molecule has 2 aliphatic heterocycles. The molecule has 1 unspecified atom stereocenters. The Balaban J connectivity index is 1.70. The summed E-state index contributed by atoms with van der Waals surface area (Å²) in [7, 11) is 1.84. The summed E-state index contributed by atoms with van der Waals surface area (Å²) < 4.78 is 1.71. The smallest absolute Gasteiger partial charge is 0.255 e. The van der Waals surface area contributed by atoms with Crippen molar-refractivity contribution in [1.29, 1.82) is 0 Å². The van der Waals surface area contributed by atoms with Crippen LogP contribution in [0.15, 0.2) is 30.5 Å². The molecule has 7 nitrogen and oxygen atoms in total. The number of fused-ring (bicyclic) bond motifs is 1. The van der Waals surface area contributed by atoms with Gasteiger partial charge in [-0.05, 0) is 24.1 Å². The van der Waals surface area contributed by atoms with Gasteiger partial charge in [0, 0.05) is 37.3 Å². The van der Waals surface area contributed by atoms with Gasteiger partial charge in [0.25, 0.3) is 5.91 Å². The summed E-state index contributed by atoms with van der Waals surface area (Å²) in [5, 5.41) is 6.72. The number of hydrogen-bond acceptors (Lipinski definition) is 4. The molecule has 4 rings (SSSR count). The average molecular weight is 324 g/mol. The Labute approximate surface area is 138 Å². The van der Waals surface area contributed by atoms with Crippen LogP contribution in [0.25, 0.3) is 11.3 Å². The molecule has 0 saturated carbocycles. The first-order chi connectivity index (χ1) is 11.5. The minimum absolute atomic E-state index is 0.169. The van der Waals surface area contributed by atoms with E-state index in [2.05, 4.69) is 10.4 Å². The lowest BCUT2D eigenvalue weighted by Gasteiger charge is -2.29. The Kier molecular flexibility index (Phi) is 3.23. The lowest BCUT2D eigenvalue weighted by molar-refractivity contribution is -0.136. The average Bonchev–Trinajstić information content (AvgIpc) is 3.12. The molecule has 0 radical (unpaired) electrons. The van der Waals surface area contributed by atoms with Crippen molar-refractivity contribution in [1.82, 2.24) is 20.0 Å². The van der Waals surface area contributed by atoms with E-state index in [0.717, 1.165) is 16.8 Å². The maximum absolute atomic E-state index is 12.7. The highest BCUT2D eigenvalue weighted by Gasteiger charge is 2.39. The van der Waals surface area contributed by atoms with Crippen LogP contribution in [0, 0.1) is 0 Å². The quantitative estimate of drug-likeness (QED) is 0.830. The summed E-state index contributed by atoms with van der Waals surface area (Å²) in [6, 6.07) is 6.83. The number of benzene rings is 1. The zero-order valence-electron chi connectivity index (χ0n) is 13.2. The van der Waals surface area contributed by atoms with Crippen molar-refractivity contribution in [3.8, 4) is 11.3 Å². The number of imide groups is 1. The van der Waals surface area contributed by atoms with Gasteiger partial charge in [0.15, 0.2) is 0 Å². The Bertz CT molecular complexity index is 870. The van der Waals surface area contributed by atoms with E-state index in [9.17, 15) is 14.4 Å². The molecular weight excluding hydrogens is 308 g/mol. The fraction of sp³-hybridized carbons (Fsp3) is 0.294. The maximum atomic E-state index is 12.7. The highest BCUT2D eigenvalue weighted by Crippen LogP contribution is 2.33. The van der Waals surface area contributed by atoms with Crippen molar-refractivity contribution < 1.29 is 14.4 Å². The number of rotatable bonds is 2. The zero-order chi connectivity index (χ0) is 16.8. The third kappa shape index (κ3) is 2.20. The second-order valence-electron chi connectivity index (χ2n) is 6.11. The molecule has 1 aromatic heterocycles. The second kappa shape index (κ2) is 5.30. The lowest BCUT2D eigenvalue weighted by atomic mass is 10.0. The van der Waals surface area contributed by atoms with E-state index in [1.807, 2.05) is 31.4 Å². The lowest BCUT2D eigenvalue weighted by Crippen LogP contribution is -2.52. The van der Waals surface area contributed by atoms with Crippen LogP contribution in [0.4, 0.5) is 0 Å². The van der Waals surface area contributed by atoms with E-state index in [1.54, 1.807) is 15.6 Å². The van der Waals surface area contributed by atoms with E-state index < -0.39 is 11.9 Å². The minimum atomic E-state index is -0.598. The number of nitrogens with one attached hydrogen (secondary N) is 1. The van der Waals surface area contributed by atoms with Gasteiger partial charge in [0.1, 0.15) is 6.04 Å². The van der Waals surface area contributed by atoms with Gasteiger partial charge in [0.05, 0.1) is 5.69 Å². The summed E-state index contributed by atoms with van der Waals surface area (Å²) in [4.78, 5) is 37.7. The fourth-order valence-corrected chi connectivity index (χ4v) is 3.38. The molecule has 2 aromatic rings. The van der Waals surface area contributed by atoms with E-state index >= 15 is 0 Å². The van der Waals surface area contributed by atoms with Crippen LogP contribution in [0.5, 0.6) is 0 Å². The molecule has 0 aliphatic carbocycles. The maximum Gasteiger partial charge on any atom is 0.255 e. The fourth-order valence-electron chi connectivity index (χ4n) is 3.38. The number of carbonyl (C=O) groups is 3. The topological polar surface area (TPSA) is 84.3 Å². The molecule has 1 fully saturated rings. The summed E-state index contributed by atoms with van der Waals surface area (Å²) in [5.74, 6) is -0.848. The second-order valence-corrected chi connectivity index (χ2v) is 6.11.